The summed E-state index contributed by atoms with van der Waals surface area (Å²) in [4.78, 5) is 10.7. The molecule has 0 saturated heterocycles. The van der Waals surface area contributed by atoms with Gasteiger partial charge >= 0.3 is 0 Å². The van der Waals surface area contributed by atoms with Crippen LogP contribution in [0.1, 0.15) is 12.0 Å². The van der Waals surface area contributed by atoms with Gasteiger partial charge in [-0.2, -0.15) is 0 Å². The van der Waals surface area contributed by atoms with Crippen molar-refractivity contribution < 1.29 is 9.47 Å². The third-order valence-electron chi connectivity index (χ3n) is 3.71. The Kier molecular flexibility index (Phi) is 8.57. The number of ether oxygens (including phenoxy) is 2. The maximum Gasteiger partial charge on any atom is 0.193 e. The zero-order valence-electron chi connectivity index (χ0n) is 15.7. The lowest BCUT2D eigenvalue weighted by molar-refractivity contribution is 0.382. The van der Waals surface area contributed by atoms with Gasteiger partial charge in [0.1, 0.15) is 15.8 Å². The van der Waals surface area contributed by atoms with Gasteiger partial charge in [-0.3, -0.25) is 4.99 Å². The number of nitrogens with zero attached hydrogens (tertiary/aromatic N) is 3. The van der Waals surface area contributed by atoms with Crippen LogP contribution in [0.3, 0.4) is 0 Å². The molecule has 2 rings (SSSR count). The minimum Gasteiger partial charge on any atom is -0.497 e. The quantitative estimate of drug-likeness (QED) is 0.305. The van der Waals surface area contributed by atoms with Crippen LogP contribution in [0.2, 0.25) is 0 Å². The smallest absolute Gasteiger partial charge is 0.193 e. The van der Waals surface area contributed by atoms with Gasteiger partial charge in [0.05, 0.1) is 14.2 Å². The normalized spacial score (nSPS) is 11.3. The minimum atomic E-state index is 0.695. The topological polar surface area (TPSA) is 59.0 Å². The van der Waals surface area contributed by atoms with Crippen molar-refractivity contribution in [3.8, 4) is 11.5 Å². The number of thioether (sulfide) groups is 1. The standard InChI is InChI=1S/C18H26N4O2S2/c1-19-17(20-8-5-10-25-18-21-9-11-26-18)22(2)13-14-6-7-15(23-3)12-16(14)24-4/h6-7,9,11-12H,5,8,10,13H2,1-4H3,(H,19,20). The van der Waals surface area contributed by atoms with E-state index in [0.29, 0.717) is 6.54 Å². The van der Waals surface area contributed by atoms with E-state index in [-0.39, 0.29) is 0 Å². The number of benzene rings is 1. The number of aromatic nitrogens is 1. The molecular weight excluding hydrogens is 368 g/mol. The number of hydrogen-bond donors (Lipinski definition) is 1. The first kappa shape index (κ1) is 20.4. The molecule has 2 aromatic rings. The van der Waals surface area contributed by atoms with Crippen LogP contribution in [0.15, 0.2) is 39.1 Å². The Bertz CT molecular complexity index is 693. The van der Waals surface area contributed by atoms with Crippen LogP contribution in [-0.2, 0) is 6.54 Å². The lowest BCUT2D eigenvalue weighted by Gasteiger charge is -2.23. The molecule has 142 valence electrons. The average Bonchev–Trinajstić information content (AvgIpc) is 3.18. The van der Waals surface area contributed by atoms with E-state index in [9.17, 15) is 0 Å². The number of aliphatic imine (C=N–C) groups is 1. The predicted octanol–water partition coefficient (Wildman–Crippen LogP) is 3.35. The number of rotatable bonds is 9. The molecular formula is C18H26N4O2S2. The Morgan fingerprint density at radius 1 is 1.35 bits per heavy atom. The molecule has 8 heteroatoms. The zero-order valence-corrected chi connectivity index (χ0v) is 17.3. The van der Waals surface area contributed by atoms with E-state index < -0.39 is 0 Å². The summed E-state index contributed by atoms with van der Waals surface area (Å²) >= 11 is 3.47. The summed E-state index contributed by atoms with van der Waals surface area (Å²) in [6.07, 6.45) is 2.89. The summed E-state index contributed by atoms with van der Waals surface area (Å²) in [6, 6.07) is 5.86. The predicted molar refractivity (Wildman–Crippen MR) is 110 cm³/mol. The highest BCUT2D eigenvalue weighted by atomic mass is 32.2. The Morgan fingerprint density at radius 3 is 2.85 bits per heavy atom. The third-order valence-corrected chi connectivity index (χ3v) is 5.77. The molecule has 0 aliphatic heterocycles. The lowest BCUT2D eigenvalue weighted by atomic mass is 10.2. The Balaban J connectivity index is 1.81. The molecule has 0 radical (unpaired) electrons. The molecule has 1 N–H and O–H groups in total. The SMILES string of the molecule is CN=C(NCCCSc1nccs1)N(C)Cc1ccc(OC)cc1OC. The molecule has 1 heterocycles. The monoisotopic (exact) mass is 394 g/mol. The van der Waals surface area contributed by atoms with Crippen molar-refractivity contribution in [3.05, 3.63) is 35.3 Å². The minimum absolute atomic E-state index is 0.695. The number of nitrogens with one attached hydrogen (secondary N) is 1. The van der Waals surface area contributed by atoms with Gasteiger partial charge in [0.2, 0.25) is 0 Å². The van der Waals surface area contributed by atoms with Crippen LogP contribution in [0.5, 0.6) is 11.5 Å². The Labute approximate surface area is 163 Å². The number of guanidine groups is 1. The van der Waals surface area contributed by atoms with Crippen molar-refractivity contribution in [2.45, 2.75) is 17.3 Å². The van der Waals surface area contributed by atoms with Gasteiger partial charge in [-0.15, -0.1) is 11.3 Å². The second kappa shape index (κ2) is 10.9. The van der Waals surface area contributed by atoms with Crippen molar-refractivity contribution in [1.29, 1.82) is 0 Å². The van der Waals surface area contributed by atoms with Crippen LogP contribution in [0.25, 0.3) is 0 Å². The third kappa shape index (κ3) is 6.10. The molecule has 26 heavy (non-hydrogen) atoms. The van der Waals surface area contributed by atoms with Crippen LogP contribution < -0.4 is 14.8 Å². The number of methoxy groups -OCH3 is 2. The summed E-state index contributed by atoms with van der Waals surface area (Å²) in [7, 11) is 7.14. The molecule has 0 bridgehead atoms. The largest absolute Gasteiger partial charge is 0.497 e. The summed E-state index contributed by atoms with van der Waals surface area (Å²) in [6.45, 7) is 1.57. The maximum atomic E-state index is 5.48. The Hall–Kier alpha value is -1.93. The van der Waals surface area contributed by atoms with Gasteiger partial charge in [-0.05, 0) is 18.6 Å². The number of thiazole rings is 1. The van der Waals surface area contributed by atoms with E-state index in [1.54, 1.807) is 44.4 Å². The summed E-state index contributed by atoms with van der Waals surface area (Å²) in [5.74, 6) is 3.50. The highest BCUT2D eigenvalue weighted by Gasteiger charge is 2.11. The molecule has 0 aliphatic rings. The Morgan fingerprint density at radius 2 is 2.19 bits per heavy atom. The number of hydrogen-bond acceptors (Lipinski definition) is 6. The van der Waals surface area contributed by atoms with Crippen molar-refractivity contribution in [1.82, 2.24) is 15.2 Å². The fourth-order valence-corrected chi connectivity index (χ4v) is 4.06. The van der Waals surface area contributed by atoms with E-state index in [0.717, 1.165) is 46.1 Å². The molecule has 0 atom stereocenters. The second-order valence-electron chi connectivity index (χ2n) is 5.51. The van der Waals surface area contributed by atoms with Crippen molar-refractivity contribution in [2.24, 2.45) is 4.99 Å². The maximum absolute atomic E-state index is 5.48. The van der Waals surface area contributed by atoms with Gasteiger partial charge in [0.15, 0.2) is 5.96 Å². The van der Waals surface area contributed by atoms with Gasteiger partial charge in [0, 0.05) is 56.1 Å². The molecule has 1 aromatic carbocycles. The van der Waals surface area contributed by atoms with Crippen molar-refractivity contribution >= 4 is 29.1 Å². The lowest BCUT2D eigenvalue weighted by Crippen LogP contribution is -2.39. The summed E-state index contributed by atoms with van der Waals surface area (Å²) in [5, 5.41) is 5.41. The fraction of sp³-hybridized carbons (Fsp3) is 0.444. The first-order valence-electron chi connectivity index (χ1n) is 8.33. The van der Waals surface area contributed by atoms with Crippen LogP contribution in [-0.4, -0.2) is 56.5 Å². The molecule has 0 fully saturated rings. The first-order chi connectivity index (χ1) is 12.7. The van der Waals surface area contributed by atoms with Crippen molar-refractivity contribution in [3.63, 3.8) is 0 Å². The van der Waals surface area contributed by atoms with E-state index in [1.807, 2.05) is 36.8 Å². The second-order valence-corrected chi connectivity index (χ2v) is 7.74. The zero-order chi connectivity index (χ0) is 18.8. The summed E-state index contributed by atoms with van der Waals surface area (Å²) in [5.41, 5.74) is 1.08. The molecule has 0 spiro atoms. The molecule has 0 amide bonds. The summed E-state index contributed by atoms with van der Waals surface area (Å²) < 4.78 is 11.9. The van der Waals surface area contributed by atoms with Gasteiger partial charge < -0.3 is 19.7 Å². The van der Waals surface area contributed by atoms with Gasteiger partial charge in [-0.1, -0.05) is 11.8 Å². The molecule has 0 unspecified atom stereocenters. The van der Waals surface area contributed by atoms with Crippen LogP contribution in [0, 0.1) is 0 Å². The van der Waals surface area contributed by atoms with Crippen molar-refractivity contribution in [2.75, 3.05) is 40.6 Å². The molecule has 1 aromatic heterocycles. The molecule has 0 saturated carbocycles. The van der Waals surface area contributed by atoms with Gasteiger partial charge in [0.25, 0.3) is 0 Å². The molecule has 0 aliphatic carbocycles. The highest BCUT2D eigenvalue weighted by molar-refractivity contribution is 8.00. The van der Waals surface area contributed by atoms with E-state index in [4.69, 9.17) is 9.47 Å². The van der Waals surface area contributed by atoms with E-state index in [1.165, 1.54) is 0 Å². The van der Waals surface area contributed by atoms with Crippen LogP contribution in [0.4, 0.5) is 0 Å². The fourth-order valence-electron chi connectivity index (χ4n) is 2.41. The highest BCUT2D eigenvalue weighted by Crippen LogP contribution is 2.25. The van der Waals surface area contributed by atoms with Crippen LogP contribution >= 0.6 is 23.1 Å². The van der Waals surface area contributed by atoms with E-state index >= 15 is 0 Å². The average molecular weight is 395 g/mol. The van der Waals surface area contributed by atoms with Gasteiger partial charge in [-0.25, -0.2) is 4.98 Å². The molecule has 6 nitrogen and oxygen atoms in total. The van der Waals surface area contributed by atoms with E-state index in [2.05, 4.69) is 20.2 Å². The first-order valence-corrected chi connectivity index (χ1v) is 10.2.